The van der Waals surface area contributed by atoms with Crippen LogP contribution in [0.1, 0.15) is 38.0 Å². The Balaban J connectivity index is 2.07. The van der Waals surface area contributed by atoms with E-state index in [1.165, 1.54) is 12.1 Å². The Hall–Kier alpha value is -2.74. The standard InChI is InChI=1S/C17H17FN4/c1-17(2,3)16-20-15(21-22-16)11-10-13(19)9-8-12-6-4-5-7-14(12)18/h4-7,10-11,19H,1-3H3,(H,20,21,22)/b11-10-,19-13?. The van der Waals surface area contributed by atoms with Gasteiger partial charge in [0.2, 0.25) is 0 Å². The summed E-state index contributed by atoms with van der Waals surface area (Å²) < 4.78 is 13.4. The highest BCUT2D eigenvalue weighted by molar-refractivity contribution is 6.08. The van der Waals surface area contributed by atoms with Crippen LogP contribution in [0.5, 0.6) is 0 Å². The fraction of sp³-hybridized carbons (Fsp3) is 0.235. The van der Waals surface area contributed by atoms with Crippen LogP contribution in [0.3, 0.4) is 0 Å². The molecule has 2 aromatic rings. The van der Waals surface area contributed by atoms with E-state index in [4.69, 9.17) is 5.41 Å². The smallest absolute Gasteiger partial charge is 0.174 e. The topological polar surface area (TPSA) is 65.4 Å². The van der Waals surface area contributed by atoms with Crippen LogP contribution >= 0.6 is 0 Å². The second kappa shape index (κ2) is 6.35. The van der Waals surface area contributed by atoms with E-state index in [2.05, 4.69) is 27.0 Å². The van der Waals surface area contributed by atoms with Crippen LogP contribution in [-0.4, -0.2) is 20.9 Å². The molecule has 1 aromatic carbocycles. The van der Waals surface area contributed by atoms with Gasteiger partial charge < -0.3 is 0 Å². The fourth-order valence-electron chi connectivity index (χ4n) is 1.58. The van der Waals surface area contributed by atoms with Gasteiger partial charge >= 0.3 is 0 Å². The second-order valence-electron chi connectivity index (χ2n) is 5.77. The monoisotopic (exact) mass is 296 g/mol. The molecule has 0 spiro atoms. The molecule has 2 N–H and O–H groups in total. The molecule has 0 fully saturated rings. The average Bonchev–Trinajstić information content (AvgIpc) is 2.93. The largest absolute Gasteiger partial charge is 0.292 e. The van der Waals surface area contributed by atoms with Gasteiger partial charge in [-0.3, -0.25) is 10.5 Å². The van der Waals surface area contributed by atoms with Crippen molar-refractivity contribution < 1.29 is 4.39 Å². The maximum absolute atomic E-state index is 13.4. The van der Waals surface area contributed by atoms with Crippen molar-refractivity contribution in [3.8, 4) is 11.8 Å². The molecular formula is C17H17FN4. The number of hydrogen-bond acceptors (Lipinski definition) is 3. The van der Waals surface area contributed by atoms with E-state index in [9.17, 15) is 4.39 Å². The van der Waals surface area contributed by atoms with E-state index < -0.39 is 5.82 Å². The number of aromatic amines is 1. The molecular weight excluding hydrogens is 279 g/mol. The Morgan fingerprint density at radius 1 is 1.32 bits per heavy atom. The van der Waals surface area contributed by atoms with Crippen LogP contribution in [0.15, 0.2) is 30.3 Å². The molecule has 0 unspecified atom stereocenters. The minimum absolute atomic E-state index is 0.0605. The summed E-state index contributed by atoms with van der Waals surface area (Å²) in [5.74, 6) is 6.09. The van der Waals surface area contributed by atoms with Gasteiger partial charge in [0.15, 0.2) is 5.82 Å². The lowest BCUT2D eigenvalue weighted by molar-refractivity contribution is 0.548. The molecule has 0 aliphatic rings. The molecule has 2 rings (SSSR count). The van der Waals surface area contributed by atoms with E-state index in [0.717, 1.165) is 5.82 Å². The molecule has 112 valence electrons. The number of halogens is 1. The number of nitrogens with one attached hydrogen (secondary N) is 2. The normalized spacial score (nSPS) is 11.3. The molecule has 0 radical (unpaired) electrons. The highest BCUT2D eigenvalue weighted by Gasteiger charge is 2.17. The zero-order valence-corrected chi connectivity index (χ0v) is 12.7. The summed E-state index contributed by atoms with van der Waals surface area (Å²) in [6.45, 7) is 6.09. The predicted octanol–water partition coefficient (Wildman–Crippen LogP) is 3.33. The molecule has 0 aliphatic carbocycles. The van der Waals surface area contributed by atoms with Crippen LogP contribution in [0, 0.1) is 23.1 Å². The average molecular weight is 296 g/mol. The Labute approximate surface area is 129 Å². The number of aromatic nitrogens is 3. The summed E-state index contributed by atoms with van der Waals surface area (Å²) in [6, 6.07) is 6.21. The lowest BCUT2D eigenvalue weighted by atomic mass is 9.96. The summed E-state index contributed by atoms with van der Waals surface area (Å²) in [5, 5.41) is 14.7. The molecule has 0 bridgehead atoms. The fourth-order valence-corrected chi connectivity index (χ4v) is 1.58. The molecule has 0 saturated heterocycles. The summed E-state index contributed by atoms with van der Waals surface area (Å²) in [4.78, 5) is 4.33. The molecule has 0 amide bonds. The number of allylic oxidation sites excluding steroid dienone is 1. The van der Waals surface area contributed by atoms with Gasteiger partial charge in [-0.05, 0) is 30.2 Å². The number of rotatable bonds is 2. The van der Waals surface area contributed by atoms with Gasteiger partial charge in [0, 0.05) is 5.41 Å². The van der Waals surface area contributed by atoms with Crippen molar-refractivity contribution in [2.45, 2.75) is 26.2 Å². The van der Waals surface area contributed by atoms with Crippen molar-refractivity contribution in [1.82, 2.24) is 15.2 Å². The van der Waals surface area contributed by atoms with E-state index in [0.29, 0.717) is 5.82 Å². The minimum atomic E-state index is -0.393. The third-order valence-corrected chi connectivity index (χ3v) is 2.82. The predicted molar refractivity (Wildman–Crippen MR) is 85.1 cm³/mol. The highest BCUT2D eigenvalue weighted by atomic mass is 19.1. The van der Waals surface area contributed by atoms with E-state index in [-0.39, 0.29) is 16.7 Å². The van der Waals surface area contributed by atoms with Gasteiger partial charge in [-0.25, -0.2) is 9.37 Å². The second-order valence-corrected chi connectivity index (χ2v) is 5.77. The highest BCUT2D eigenvalue weighted by Crippen LogP contribution is 2.17. The summed E-state index contributed by atoms with van der Waals surface area (Å²) in [7, 11) is 0. The first-order valence-corrected chi connectivity index (χ1v) is 6.82. The van der Waals surface area contributed by atoms with E-state index >= 15 is 0 Å². The quantitative estimate of drug-likeness (QED) is 0.659. The van der Waals surface area contributed by atoms with Crippen LogP contribution in [0.2, 0.25) is 0 Å². The number of hydrogen-bond donors (Lipinski definition) is 2. The number of nitrogens with zero attached hydrogens (tertiary/aromatic N) is 2. The molecule has 1 heterocycles. The third-order valence-electron chi connectivity index (χ3n) is 2.82. The van der Waals surface area contributed by atoms with Crippen LogP contribution < -0.4 is 0 Å². The Kier molecular flexibility index (Phi) is 4.52. The van der Waals surface area contributed by atoms with Crippen molar-refractivity contribution in [2.75, 3.05) is 0 Å². The van der Waals surface area contributed by atoms with Gasteiger partial charge in [0.1, 0.15) is 17.4 Å². The maximum atomic E-state index is 13.4. The molecule has 0 saturated carbocycles. The molecule has 1 aromatic heterocycles. The van der Waals surface area contributed by atoms with Crippen LogP contribution in [0.4, 0.5) is 4.39 Å². The van der Waals surface area contributed by atoms with E-state index in [1.54, 1.807) is 24.3 Å². The zero-order chi connectivity index (χ0) is 16.2. The maximum Gasteiger partial charge on any atom is 0.174 e. The van der Waals surface area contributed by atoms with Crippen molar-refractivity contribution in [1.29, 1.82) is 5.41 Å². The summed E-state index contributed by atoms with van der Waals surface area (Å²) in [6.07, 6.45) is 3.09. The first-order valence-electron chi connectivity index (χ1n) is 6.82. The van der Waals surface area contributed by atoms with Crippen LogP contribution in [0.25, 0.3) is 6.08 Å². The molecule has 22 heavy (non-hydrogen) atoms. The number of H-pyrrole nitrogens is 1. The van der Waals surface area contributed by atoms with Gasteiger partial charge in [-0.2, -0.15) is 5.10 Å². The summed E-state index contributed by atoms with van der Waals surface area (Å²) >= 11 is 0. The summed E-state index contributed by atoms with van der Waals surface area (Å²) in [5.41, 5.74) is 0.218. The lowest BCUT2D eigenvalue weighted by Gasteiger charge is -2.12. The van der Waals surface area contributed by atoms with Crippen molar-refractivity contribution in [3.63, 3.8) is 0 Å². The minimum Gasteiger partial charge on any atom is -0.292 e. The van der Waals surface area contributed by atoms with Gasteiger partial charge in [-0.15, -0.1) is 0 Å². The van der Waals surface area contributed by atoms with Crippen molar-refractivity contribution >= 4 is 11.8 Å². The first-order chi connectivity index (χ1) is 10.4. The molecule has 0 atom stereocenters. The van der Waals surface area contributed by atoms with Gasteiger partial charge in [-0.1, -0.05) is 38.8 Å². The molecule has 5 heteroatoms. The SMILES string of the molecule is CC(C)(C)c1nc(/C=C\C(=N)C#Cc2ccccc2F)n[nH]1. The third kappa shape index (κ3) is 4.13. The Morgan fingerprint density at radius 3 is 2.68 bits per heavy atom. The molecule has 0 aliphatic heterocycles. The van der Waals surface area contributed by atoms with E-state index in [1.807, 2.05) is 20.8 Å². The van der Waals surface area contributed by atoms with Crippen LogP contribution in [-0.2, 0) is 5.41 Å². The van der Waals surface area contributed by atoms with Crippen molar-refractivity contribution in [3.05, 3.63) is 53.4 Å². The number of benzene rings is 1. The Bertz CT molecular complexity index is 770. The van der Waals surface area contributed by atoms with Gasteiger partial charge in [0.05, 0.1) is 5.56 Å². The van der Waals surface area contributed by atoms with Crippen molar-refractivity contribution in [2.24, 2.45) is 0 Å². The molecule has 4 nitrogen and oxygen atoms in total. The Morgan fingerprint density at radius 2 is 2.05 bits per heavy atom. The lowest BCUT2D eigenvalue weighted by Crippen LogP contribution is -2.13. The zero-order valence-electron chi connectivity index (χ0n) is 12.7. The van der Waals surface area contributed by atoms with Gasteiger partial charge in [0.25, 0.3) is 0 Å². The first kappa shape index (κ1) is 15.6.